The summed E-state index contributed by atoms with van der Waals surface area (Å²) < 4.78 is 11.7. The Bertz CT molecular complexity index is 648. The first-order chi connectivity index (χ1) is 11.3. The molecule has 1 saturated heterocycles. The topological polar surface area (TPSA) is 163 Å². The van der Waals surface area contributed by atoms with Crippen molar-refractivity contribution >= 4 is 11.8 Å². The molecule has 1 fully saturated rings. The van der Waals surface area contributed by atoms with Crippen LogP contribution in [0.4, 0.5) is 5.82 Å². The molecule has 2 unspecified atom stereocenters. The summed E-state index contributed by atoms with van der Waals surface area (Å²) in [4.78, 5) is 27.4. The molecule has 0 aromatic carbocycles. The first-order valence-electron chi connectivity index (χ1n) is 7.51. The fraction of sp³-hybridized carbons (Fsp3) is 0.643. The molecule has 2 rings (SSSR count). The lowest BCUT2D eigenvalue weighted by atomic mass is 10.1. The molecule has 1 aliphatic rings. The second-order valence-corrected chi connectivity index (χ2v) is 5.95. The van der Waals surface area contributed by atoms with Crippen molar-refractivity contribution in [2.24, 2.45) is 11.7 Å². The van der Waals surface area contributed by atoms with Gasteiger partial charge in [0.05, 0.1) is 6.61 Å². The van der Waals surface area contributed by atoms with E-state index in [1.165, 1.54) is 12.3 Å². The number of nitrogens with zero attached hydrogens (tertiary/aromatic N) is 2. The van der Waals surface area contributed by atoms with Crippen molar-refractivity contribution in [3.8, 4) is 0 Å². The lowest BCUT2D eigenvalue weighted by Crippen LogP contribution is -2.45. The third-order valence-electron chi connectivity index (χ3n) is 3.86. The van der Waals surface area contributed by atoms with Gasteiger partial charge in [-0.2, -0.15) is 4.98 Å². The normalized spacial score (nSPS) is 28.1. The predicted molar refractivity (Wildman–Crippen MR) is 82.6 cm³/mol. The van der Waals surface area contributed by atoms with E-state index in [0.717, 1.165) is 4.57 Å². The highest BCUT2D eigenvalue weighted by Gasteiger charge is 2.47. The number of anilines is 1. The van der Waals surface area contributed by atoms with E-state index >= 15 is 0 Å². The van der Waals surface area contributed by atoms with Gasteiger partial charge in [-0.1, -0.05) is 13.8 Å². The standard InChI is InChI=1S/C14H22N4O6/c1-6(2)9(16)13(21)24-11-7(5-19)23-12(10(11)20)18-4-3-8(15)17-14(18)22/h3-4,6-7,9-12,19-20H,5,16H2,1-2H3,(H2,15,17,22)/t7-,9?,10+,11?,12-/m1/s1. The molecule has 0 saturated carbocycles. The fourth-order valence-corrected chi connectivity index (χ4v) is 2.35. The highest BCUT2D eigenvalue weighted by molar-refractivity contribution is 5.76. The molecule has 1 aromatic heterocycles. The summed E-state index contributed by atoms with van der Waals surface area (Å²) in [6.07, 6.45) is -3.42. The number of ether oxygens (including phenoxy) is 2. The van der Waals surface area contributed by atoms with Crippen molar-refractivity contribution in [3.05, 3.63) is 22.7 Å². The van der Waals surface area contributed by atoms with Crippen LogP contribution < -0.4 is 17.2 Å². The number of hydrogen-bond acceptors (Lipinski definition) is 9. The molecule has 6 N–H and O–H groups in total. The van der Waals surface area contributed by atoms with E-state index < -0.39 is 48.8 Å². The molecule has 2 heterocycles. The van der Waals surface area contributed by atoms with Gasteiger partial charge in [0, 0.05) is 6.20 Å². The monoisotopic (exact) mass is 342 g/mol. The molecular weight excluding hydrogens is 320 g/mol. The number of hydrogen-bond donors (Lipinski definition) is 4. The van der Waals surface area contributed by atoms with E-state index in [1.807, 2.05) is 0 Å². The number of rotatable bonds is 5. The summed E-state index contributed by atoms with van der Waals surface area (Å²) in [6, 6.07) is 0.482. The summed E-state index contributed by atoms with van der Waals surface area (Å²) in [5.74, 6) is -0.864. The van der Waals surface area contributed by atoms with Crippen LogP contribution in [0.5, 0.6) is 0 Å². The van der Waals surface area contributed by atoms with E-state index in [4.69, 9.17) is 20.9 Å². The lowest BCUT2D eigenvalue weighted by molar-refractivity contribution is -0.159. The molecule has 10 nitrogen and oxygen atoms in total. The summed E-state index contributed by atoms with van der Waals surface area (Å²) in [5.41, 5.74) is 10.4. The summed E-state index contributed by atoms with van der Waals surface area (Å²) in [6.45, 7) is 2.98. The molecule has 10 heteroatoms. The van der Waals surface area contributed by atoms with Crippen LogP contribution in [0.15, 0.2) is 17.1 Å². The number of nitrogens with two attached hydrogens (primary N) is 2. The molecule has 1 aliphatic heterocycles. The lowest BCUT2D eigenvalue weighted by Gasteiger charge is -2.23. The predicted octanol–water partition coefficient (Wildman–Crippen LogP) is -2.03. The molecule has 5 atom stereocenters. The van der Waals surface area contributed by atoms with Gasteiger partial charge in [-0.15, -0.1) is 0 Å². The average Bonchev–Trinajstić information content (AvgIpc) is 2.83. The van der Waals surface area contributed by atoms with E-state index in [1.54, 1.807) is 13.8 Å². The van der Waals surface area contributed by atoms with Crippen LogP contribution >= 0.6 is 0 Å². The van der Waals surface area contributed by atoms with E-state index in [2.05, 4.69) is 4.98 Å². The zero-order valence-electron chi connectivity index (χ0n) is 13.4. The van der Waals surface area contributed by atoms with Gasteiger partial charge in [-0.25, -0.2) is 4.79 Å². The van der Waals surface area contributed by atoms with Crippen LogP contribution in [-0.2, 0) is 14.3 Å². The summed E-state index contributed by atoms with van der Waals surface area (Å²) >= 11 is 0. The van der Waals surface area contributed by atoms with Crippen LogP contribution in [0.3, 0.4) is 0 Å². The highest BCUT2D eigenvalue weighted by atomic mass is 16.6. The Hall–Kier alpha value is -2.01. The first-order valence-corrected chi connectivity index (χ1v) is 7.51. The maximum Gasteiger partial charge on any atom is 0.351 e. The van der Waals surface area contributed by atoms with Crippen LogP contribution in [0.1, 0.15) is 20.1 Å². The Kier molecular flexibility index (Phi) is 5.54. The molecule has 24 heavy (non-hydrogen) atoms. The second kappa shape index (κ2) is 7.26. The van der Waals surface area contributed by atoms with Gasteiger partial charge >= 0.3 is 11.7 Å². The number of aliphatic hydroxyl groups excluding tert-OH is 2. The maximum absolute atomic E-state index is 12.0. The summed E-state index contributed by atoms with van der Waals surface area (Å²) in [7, 11) is 0. The number of nitrogen functional groups attached to an aromatic ring is 1. The van der Waals surface area contributed by atoms with Crippen LogP contribution in [0.25, 0.3) is 0 Å². The molecular formula is C14H22N4O6. The van der Waals surface area contributed by atoms with Gasteiger partial charge in [0.15, 0.2) is 12.3 Å². The SMILES string of the molecule is CC(C)C(N)C(=O)OC1[C@@H](CO)O[C@@H](n2ccc(N)nc2=O)[C@H]1O. The Balaban J connectivity index is 2.21. The third-order valence-corrected chi connectivity index (χ3v) is 3.86. The molecule has 0 bridgehead atoms. The second-order valence-electron chi connectivity index (χ2n) is 5.95. The van der Waals surface area contributed by atoms with Crippen molar-refractivity contribution in [1.82, 2.24) is 9.55 Å². The van der Waals surface area contributed by atoms with Crippen molar-refractivity contribution in [2.45, 2.75) is 44.4 Å². The quantitative estimate of drug-likeness (QED) is 0.442. The summed E-state index contributed by atoms with van der Waals surface area (Å²) in [5, 5.41) is 19.8. The average molecular weight is 342 g/mol. The first kappa shape index (κ1) is 18.3. The number of carbonyl (C=O) groups excluding carboxylic acids is 1. The van der Waals surface area contributed by atoms with E-state index in [9.17, 15) is 19.8 Å². The molecule has 1 aromatic rings. The minimum Gasteiger partial charge on any atom is -0.455 e. The van der Waals surface area contributed by atoms with Gasteiger partial charge in [0.2, 0.25) is 0 Å². The zero-order chi connectivity index (χ0) is 18.0. The van der Waals surface area contributed by atoms with Gasteiger partial charge < -0.3 is 31.2 Å². The van der Waals surface area contributed by atoms with Crippen LogP contribution in [0, 0.1) is 5.92 Å². The van der Waals surface area contributed by atoms with Gasteiger partial charge in [0.25, 0.3) is 0 Å². The number of aliphatic hydroxyl groups is 2. The Labute approximate surface area is 138 Å². The Morgan fingerprint density at radius 2 is 2.21 bits per heavy atom. The molecule has 0 spiro atoms. The fourth-order valence-electron chi connectivity index (χ4n) is 2.35. The van der Waals surface area contributed by atoms with Crippen molar-refractivity contribution in [3.63, 3.8) is 0 Å². The minimum atomic E-state index is -1.38. The van der Waals surface area contributed by atoms with Crippen molar-refractivity contribution in [2.75, 3.05) is 12.3 Å². The maximum atomic E-state index is 12.0. The molecule has 0 aliphatic carbocycles. The third kappa shape index (κ3) is 3.56. The molecule has 134 valence electrons. The molecule has 0 amide bonds. The minimum absolute atomic E-state index is 0.0216. The Morgan fingerprint density at radius 3 is 2.75 bits per heavy atom. The van der Waals surface area contributed by atoms with Gasteiger partial charge in [-0.3, -0.25) is 9.36 Å². The highest BCUT2D eigenvalue weighted by Crippen LogP contribution is 2.30. The number of carbonyl (C=O) groups is 1. The van der Waals surface area contributed by atoms with Gasteiger partial charge in [0.1, 0.15) is 24.1 Å². The molecule has 0 radical (unpaired) electrons. The van der Waals surface area contributed by atoms with E-state index in [-0.39, 0.29) is 11.7 Å². The van der Waals surface area contributed by atoms with Crippen LogP contribution in [0.2, 0.25) is 0 Å². The smallest absolute Gasteiger partial charge is 0.351 e. The zero-order valence-corrected chi connectivity index (χ0v) is 13.4. The van der Waals surface area contributed by atoms with Crippen molar-refractivity contribution < 1.29 is 24.5 Å². The Morgan fingerprint density at radius 1 is 1.54 bits per heavy atom. The number of aromatic nitrogens is 2. The van der Waals surface area contributed by atoms with Gasteiger partial charge in [-0.05, 0) is 12.0 Å². The van der Waals surface area contributed by atoms with E-state index in [0.29, 0.717) is 0 Å². The largest absolute Gasteiger partial charge is 0.455 e. The van der Waals surface area contributed by atoms with Crippen molar-refractivity contribution in [1.29, 1.82) is 0 Å². The van der Waals surface area contributed by atoms with Crippen LogP contribution in [-0.4, -0.2) is 56.7 Å². The number of esters is 1.